The molecule has 0 bridgehead atoms. The molecule has 1 rings (SSSR count). The first-order valence-electron chi connectivity index (χ1n) is 4.22. The van der Waals surface area contributed by atoms with Crippen molar-refractivity contribution in [2.75, 3.05) is 20.3 Å². The minimum atomic E-state index is 0.875. The van der Waals surface area contributed by atoms with Crippen LogP contribution in [0.25, 0.3) is 0 Å². The van der Waals surface area contributed by atoms with E-state index in [1.54, 1.807) is 0 Å². The third-order valence-electron chi connectivity index (χ3n) is 1.74. The summed E-state index contributed by atoms with van der Waals surface area (Å²) in [7, 11) is 2.10. The third-order valence-corrected chi connectivity index (χ3v) is 1.74. The van der Waals surface area contributed by atoms with E-state index in [-0.39, 0.29) is 0 Å². The number of unbranched alkanes of at least 4 members (excludes halogenated alkanes) is 1. The van der Waals surface area contributed by atoms with E-state index in [1.807, 2.05) is 0 Å². The predicted octanol–water partition coefficient (Wildman–Crippen LogP) is 3.15. The molecular weight excluding hydrogens is 340 g/mol. The fourth-order valence-electron chi connectivity index (χ4n) is 1.10. The van der Waals surface area contributed by atoms with Gasteiger partial charge in [-0.25, -0.2) is 0 Å². The zero-order valence-corrected chi connectivity index (χ0v) is 12.3. The Hall–Kier alpha value is 0.819. The molecule has 0 aliphatic carbocycles. The summed E-state index contributed by atoms with van der Waals surface area (Å²) in [5.74, 6) is 0. The molecule has 1 aliphatic heterocycles. The Morgan fingerprint density at radius 3 is 2.38 bits per heavy atom. The topological polar surface area (TPSA) is 6.48 Å². The van der Waals surface area contributed by atoms with Crippen molar-refractivity contribution in [1.82, 2.24) is 9.80 Å². The number of hydrogen-bond acceptors (Lipinski definition) is 2. The van der Waals surface area contributed by atoms with Crippen LogP contribution < -0.4 is 0 Å². The van der Waals surface area contributed by atoms with E-state index in [0.717, 1.165) is 18.0 Å². The summed E-state index contributed by atoms with van der Waals surface area (Å²) < 4.78 is 0. The molecule has 2 nitrogen and oxygen atoms in total. The Kier molecular flexibility index (Phi) is 9.97. The van der Waals surface area contributed by atoms with Gasteiger partial charge in [-0.05, 0) is 6.42 Å². The maximum atomic E-state index is 3.06. The maximum absolute atomic E-state index is 3.06. The molecule has 0 aromatic heterocycles. The molecule has 0 fully saturated rings. The Labute approximate surface area is 101 Å². The van der Waals surface area contributed by atoms with Gasteiger partial charge in [0, 0.05) is 26.0 Å². The molecular formula is C8H16Br2FeN2. The van der Waals surface area contributed by atoms with Gasteiger partial charge in [-0.3, -0.25) is 0 Å². The van der Waals surface area contributed by atoms with Gasteiger partial charge in [0.15, 0.2) is 0 Å². The summed E-state index contributed by atoms with van der Waals surface area (Å²) in [6.45, 7) is 4.50. The molecule has 0 radical (unpaired) electrons. The third kappa shape index (κ3) is 7.86. The molecule has 0 saturated carbocycles. The average Bonchev–Trinajstić information content (AvgIpc) is 2.49. The van der Waals surface area contributed by atoms with Gasteiger partial charge >= 0.3 is 39.6 Å². The molecule has 0 unspecified atom stereocenters. The van der Waals surface area contributed by atoms with Crippen LogP contribution in [0.15, 0.2) is 12.4 Å². The fourth-order valence-corrected chi connectivity index (χ4v) is 1.10. The standard InChI is InChI=1S/C8H16N2.2BrH.Fe/c1-3-4-5-10-7-6-9(2)8-10;;;/h6-7H,3-5,8H2,1-2H3;2*1H;/q;;;+2/p-2. The van der Waals surface area contributed by atoms with E-state index >= 15 is 0 Å². The number of halogens is 2. The zero-order valence-electron chi connectivity index (χ0n) is 7.99. The first-order chi connectivity index (χ1) is 6.24. The van der Waals surface area contributed by atoms with Crippen molar-refractivity contribution in [3.63, 3.8) is 0 Å². The molecule has 0 aromatic carbocycles. The van der Waals surface area contributed by atoms with Crippen molar-refractivity contribution in [3.05, 3.63) is 12.4 Å². The first kappa shape index (κ1) is 13.8. The van der Waals surface area contributed by atoms with E-state index in [2.05, 4.69) is 64.4 Å². The van der Waals surface area contributed by atoms with Crippen LogP contribution in [-0.4, -0.2) is 30.1 Å². The predicted molar refractivity (Wildman–Crippen MR) is 61.2 cm³/mol. The van der Waals surface area contributed by atoms with Crippen molar-refractivity contribution in [1.29, 1.82) is 0 Å². The molecule has 1 heterocycles. The molecule has 0 spiro atoms. The molecule has 0 atom stereocenters. The second kappa shape index (κ2) is 9.38. The summed E-state index contributed by atoms with van der Waals surface area (Å²) in [6.07, 6.45) is 6.87. The quantitative estimate of drug-likeness (QED) is 0.718. The van der Waals surface area contributed by atoms with Crippen LogP contribution in [0.2, 0.25) is 0 Å². The van der Waals surface area contributed by atoms with Gasteiger partial charge in [-0.15, -0.1) is 0 Å². The molecule has 0 amide bonds. The number of nitrogens with zero attached hydrogens (tertiary/aromatic N) is 2. The molecule has 80 valence electrons. The van der Waals surface area contributed by atoms with Crippen molar-refractivity contribution >= 4 is 28.2 Å². The molecule has 1 aliphatic rings. The van der Waals surface area contributed by atoms with E-state index in [9.17, 15) is 0 Å². The van der Waals surface area contributed by atoms with E-state index in [0.29, 0.717) is 0 Å². The summed E-state index contributed by atoms with van der Waals surface area (Å²) in [5, 5.41) is 0. The van der Waals surface area contributed by atoms with Crippen molar-refractivity contribution in [2.45, 2.75) is 19.8 Å². The Bertz CT molecular complexity index is 144. The van der Waals surface area contributed by atoms with Gasteiger partial charge in [0.25, 0.3) is 0 Å². The zero-order chi connectivity index (χ0) is 10.1. The van der Waals surface area contributed by atoms with Gasteiger partial charge < -0.3 is 9.80 Å². The van der Waals surface area contributed by atoms with Crippen LogP contribution in [0, 0.1) is 0 Å². The summed E-state index contributed by atoms with van der Waals surface area (Å²) in [5.41, 5.74) is 0. The summed E-state index contributed by atoms with van der Waals surface area (Å²) in [6, 6.07) is 0. The molecule has 0 saturated heterocycles. The van der Waals surface area contributed by atoms with Crippen LogP contribution in [0.1, 0.15) is 19.8 Å². The van der Waals surface area contributed by atoms with Gasteiger partial charge in [0.1, 0.15) is 0 Å². The normalized spacial score (nSPS) is 14.8. The van der Waals surface area contributed by atoms with Gasteiger partial charge in [-0.2, -0.15) is 0 Å². The average molecular weight is 356 g/mol. The summed E-state index contributed by atoms with van der Waals surface area (Å²) in [4.78, 5) is 4.53. The van der Waals surface area contributed by atoms with Crippen LogP contribution in [0.3, 0.4) is 0 Å². The fraction of sp³-hybridized carbons (Fsp3) is 0.750. The van der Waals surface area contributed by atoms with Crippen LogP contribution in [0.5, 0.6) is 0 Å². The van der Waals surface area contributed by atoms with Crippen molar-refractivity contribution < 1.29 is 11.3 Å². The molecule has 0 N–H and O–H groups in total. The van der Waals surface area contributed by atoms with Crippen molar-refractivity contribution in [3.8, 4) is 0 Å². The Balaban J connectivity index is 0.000000424. The second-order valence-electron chi connectivity index (χ2n) is 2.91. The molecule has 0 aromatic rings. The Morgan fingerprint density at radius 1 is 1.38 bits per heavy atom. The van der Waals surface area contributed by atoms with Gasteiger partial charge in [-0.1, -0.05) is 13.3 Å². The SMILES string of the molecule is CCCCN1C=CN(C)C1.[Br][Fe][Br]. The first-order valence-corrected chi connectivity index (χ1v) is 9.68. The van der Waals surface area contributed by atoms with Gasteiger partial charge in [0.05, 0.1) is 6.67 Å². The number of rotatable bonds is 3. The molecule has 13 heavy (non-hydrogen) atoms. The minimum absolute atomic E-state index is 0.875. The van der Waals surface area contributed by atoms with Crippen LogP contribution in [-0.2, 0) is 11.3 Å². The van der Waals surface area contributed by atoms with Crippen LogP contribution in [0.4, 0.5) is 0 Å². The van der Waals surface area contributed by atoms with E-state index in [4.69, 9.17) is 0 Å². The monoisotopic (exact) mass is 354 g/mol. The Morgan fingerprint density at radius 2 is 2.00 bits per heavy atom. The van der Waals surface area contributed by atoms with E-state index in [1.165, 1.54) is 19.4 Å². The van der Waals surface area contributed by atoms with Crippen molar-refractivity contribution in [2.24, 2.45) is 0 Å². The van der Waals surface area contributed by atoms with Gasteiger partial charge in [0.2, 0.25) is 0 Å². The second-order valence-corrected chi connectivity index (χ2v) is 8.49. The van der Waals surface area contributed by atoms with E-state index < -0.39 is 0 Å². The number of hydrogen-bond donors (Lipinski definition) is 0. The van der Waals surface area contributed by atoms with Crippen LogP contribution >= 0.6 is 28.2 Å². The summed E-state index contributed by atoms with van der Waals surface area (Å²) >= 11 is 7.00. The molecule has 5 heteroatoms.